The second-order valence-corrected chi connectivity index (χ2v) is 7.94. The third kappa shape index (κ3) is 3.98. The van der Waals surface area contributed by atoms with E-state index in [0.717, 1.165) is 31.3 Å². The average Bonchev–Trinajstić information content (AvgIpc) is 2.79. The maximum Gasteiger partial charge on any atom is 0.418 e. The molecule has 1 unspecified atom stereocenters. The first-order valence-corrected chi connectivity index (χ1v) is 9.41. The Morgan fingerprint density at radius 1 is 1.25 bits per heavy atom. The molecule has 3 rings (SSSR count). The molecule has 3 N–H and O–H groups in total. The van der Waals surface area contributed by atoms with Crippen molar-refractivity contribution in [2.45, 2.75) is 37.9 Å². The quantitative estimate of drug-likeness (QED) is 0.670. The average molecular weight is 462 g/mol. The van der Waals surface area contributed by atoms with Crippen LogP contribution in [0, 0.1) is 5.41 Å². The van der Waals surface area contributed by atoms with Gasteiger partial charge in [0.2, 0.25) is 0 Å². The zero-order valence-electron chi connectivity index (χ0n) is 17.1. The number of halogens is 6. The number of hydrogen-bond donors (Lipinski definition) is 2. The highest BCUT2D eigenvalue weighted by Gasteiger charge is 2.64. The van der Waals surface area contributed by atoms with Crippen LogP contribution in [-0.2, 0) is 10.9 Å². The summed E-state index contributed by atoms with van der Waals surface area (Å²) in [5.41, 5.74) is -1.03. The van der Waals surface area contributed by atoms with Gasteiger partial charge in [0.15, 0.2) is 0 Å². The van der Waals surface area contributed by atoms with Crippen LogP contribution in [-0.4, -0.2) is 41.4 Å². The van der Waals surface area contributed by atoms with Gasteiger partial charge in [-0.15, -0.1) is 0 Å². The normalized spacial score (nSPS) is 28.2. The molecule has 12 heteroatoms. The van der Waals surface area contributed by atoms with Gasteiger partial charge >= 0.3 is 6.18 Å². The lowest BCUT2D eigenvalue weighted by Crippen LogP contribution is -2.58. The molecule has 2 atom stereocenters. The van der Waals surface area contributed by atoms with Crippen LogP contribution in [0.2, 0.25) is 0 Å². The minimum Gasteiger partial charge on any atom is -0.386 e. The number of rotatable bonds is 3. The molecule has 0 saturated carbocycles. The standard InChI is InChI=1S/C20H20F6N4O2/c1-17(18(2)19(22,23)10-32-9-14(27)30-18)8-11(5-6-13(17)21)29-16(31)15-12(20(24,25)26)4-3-7-28-15/h3-7H,8-10H2,1-2H3,(H2,27,30)(H,29,31)/t17?,18-/m1/s1. The Balaban J connectivity index is 1.95. The van der Waals surface area contributed by atoms with Gasteiger partial charge in [0.25, 0.3) is 11.8 Å². The minimum atomic E-state index is -4.84. The number of aliphatic imine (C=N–C) groups is 1. The van der Waals surface area contributed by atoms with Gasteiger partial charge < -0.3 is 15.8 Å². The minimum absolute atomic E-state index is 0.0892. The third-order valence-corrected chi connectivity index (χ3v) is 5.79. The molecule has 32 heavy (non-hydrogen) atoms. The van der Waals surface area contributed by atoms with E-state index < -0.39 is 59.1 Å². The van der Waals surface area contributed by atoms with Gasteiger partial charge in [-0.25, -0.2) is 13.2 Å². The molecule has 1 aliphatic heterocycles. The molecule has 0 aromatic carbocycles. The van der Waals surface area contributed by atoms with Crippen LogP contribution < -0.4 is 11.1 Å². The molecule has 2 heterocycles. The fraction of sp³-hybridized carbons (Fsp3) is 0.450. The highest BCUT2D eigenvalue weighted by atomic mass is 19.4. The number of nitrogens with two attached hydrogens (primary N) is 1. The van der Waals surface area contributed by atoms with Crippen molar-refractivity contribution in [2.75, 3.05) is 13.2 Å². The van der Waals surface area contributed by atoms with Gasteiger partial charge in [0.1, 0.15) is 36.1 Å². The van der Waals surface area contributed by atoms with Gasteiger partial charge in [-0.2, -0.15) is 13.2 Å². The van der Waals surface area contributed by atoms with E-state index in [1.54, 1.807) is 0 Å². The largest absolute Gasteiger partial charge is 0.418 e. The molecule has 174 valence electrons. The van der Waals surface area contributed by atoms with Crippen molar-refractivity contribution in [1.82, 2.24) is 10.3 Å². The Bertz CT molecular complexity index is 1020. The van der Waals surface area contributed by atoms with Crippen molar-refractivity contribution in [3.63, 3.8) is 0 Å². The first kappa shape index (κ1) is 23.8. The summed E-state index contributed by atoms with van der Waals surface area (Å²) in [6.45, 7) is 0.764. The molecule has 0 bridgehead atoms. The van der Waals surface area contributed by atoms with E-state index in [1.165, 1.54) is 6.92 Å². The zero-order chi connectivity index (χ0) is 23.9. The molecule has 0 fully saturated rings. The Morgan fingerprint density at radius 3 is 2.59 bits per heavy atom. The molecule has 0 spiro atoms. The van der Waals surface area contributed by atoms with Crippen molar-refractivity contribution in [3.8, 4) is 0 Å². The Kier molecular flexibility index (Phi) is 5.87. The number of carbonyl (C=O) groups is 1. The highest BCUT2D eigenvalue weighted by Crippen LogP contribution is 2.55. The number of allylic oxidation sites excluding steroid dienone is 3. The smallest absolute Gasteiger partial charge is 0.386 e. The summed E-state index contributed by atoms with van der Waals surface area (Å²) >= 11 is 0. The molecule has 1 aromatic heterocycles. The molecular formula is C20H20F6N4O2. The van der Waals surface area contributed by atoms with Gasteiger partial charge in [-0.05, 0) is 31.2 Å². The predicted molar refractivity (Wildman–Crippen MR) is 102 cm³/mol. The number of amidine groups is 1. The summed E-state index contributed by atoms with van der Waals surface area (Å²) in [7, 11) is 0. The van der Waals surface area contributed by atoms with Gasteiger partial charge in [0.05, 0.1) is 11.0 Å². The van der Waals surface area contributed by atoms with Gasteiger partial charge in [-0.3, -0.25) is 14.8 Å². The monoisotopic (exact) mass is 462 g/mol. The number of ether oxygens (including phenoxy) is 1. The van der Waals surface area contributed by atoms with Crippen molar-refractivity contribution in [1.29, 1.82) is 0 Å². The summed E-state index contributed by atoms with van der Waals surface area (Å²) in [5, 5.41) is 2.23. The fourth-order valence-corrected chi connectivity index (χ4v) is 3.75. The predicted octanol–water partition coefficient (Wildman–Crippen LogP) is 3.76. The summed E-state index contributed by atoms with van der Waals surface area (Å²) in [6.07, 6.45) is -2.38. The zero-order valence-corrected chi connectivity index (χ0v) is 17.1. The Hall–Kier alpha value is -2.89. The number of aromatic nitrogens is 1. The lowest BCUT2D eigenvalue weighted by Gasteiger charge is -2.47. The van der Waals surface area contributed by atoms with E-state index in [-0.39, 0.29) is 18.1 Å². The van der Waals surface area contributed by atoms with E-state index in [2.05, 4.69) is 15.3 Å². The summed E-state index contributed by atoms with van der Waals surface area (Å²) in [5.74, 6) is -6.08. The fourth-order valence-electron chi connectivity index (χ4n) is 3.75. The van der Waals surface area contributed by atoms with Crippen LogP contribution >= 0.6 is 0 Å². The van der Waals surface area contributed by atoms with Crippen molar-refractivity contribution >= 4 is 11.7 Å². The van der Waals surface area contributed by atoms with E-state index in [1.807, 2.05) is 0 Å². The number of nitrogens with zero attached hydrogens (tertiary/aromatic N) is 2. The summed E-state index contributed by atoms with van der Waals surface area (Å²) < 4.78 is 89.4. The first-order valence-electron chi connectivity index (χ1n) is 9.41. The first-order chi connectivity index (χ1) is 14.7. The number of amides is 1. The van der Waals surface area contributed by atoms with E-state index >= 15 is 8.78 Å². The molecule has 0 radical (unpaired) electrons. The Morgan fingerprint density at radius 2 is 1.94 bits per heavy atom. The van der Waals surface area contributed by atoms with Crippen molar-refractivity contribution in [3.05, 3.63) is 53.3 Å². The molecule has 2 aliphatic rings. The van der Waals surface area contributed by atoms with Crippen LogP contribution in [0.5, 0.6) is 0 Å². The van der Waals surface area contributed by atoms with Gasteiger partial charge in [-0.1, -0.05) is 6.92 Å². The van der Waals surface area contributed by atoms with Crippen molar-refractivity contribution < 1.29 is 35.9 Å². The molecule has 1 aliphatic carbocycles. The van der Waals surface area contributed by atoms with Crippen LogP contribution in [0.3, 0.4) is 0 Å². The highest BCUT2D eigenvalue weighted by molar-refractivity contribution is 5.95. The van der Waals surface area contributed by atoms with E-state index in [9.17, 15) is 22.4 Å². The maximum absolute atomic E-state index is 15.0. The molecule has 1 amide bonds. The molecule has 0 saturated heterocycles. The number of hydrogen-bond acceptors (Lipinski definition) is 5. The molecule has 1 aromatic rings. The lowest BCUT2D eigenvalue weighted by atomic mass is 9.63. The lowest BCUT2D eigenvalue weighted by molar-refractivity contribution is -0.145. The number of pyridine rings is 1. The number of alkyl halides is 5. The van der Waals surface area contributed by atoms with Crippen molar-refractivity contribution in [2.24, 2.45) is 16.1 Å². The number of nitrogens with one attached hydrogen (secondary N) is 1. The van der Waals surface area contributed by atoms with Crippen LogP contribution in [0.4, 0.5) is 26.3 Å². The SMILES string of the molecule is CC1([C@@]2(C)N=C(N)COCC2(F)F)CC(NC(=O)c2ncccc2C(F)(F)F)=CC=C1F. The molecule has 6 nitrogen and oxygen atoms in total. The topological polar surface area (TPSA) is 89.6 Å². The van der Waals surface area contributed by atoms with Crippen LogP contribution in [0.25, 0.3) is 0 Å². The summed E-state index contributed by atoms with van der Waals surface area (Å²) in [4.78, 5) is 19.9. The van der Waals surface area contributed by atoms with E-state index in [4.69, 9.17) is 10.5 Å². The van der Waals surface area contributed by atoms with Crippen LogP contribution in [0.1, 0.15) is 36.3 Å². The second-order valence-electron chi connectivity index (χ2n) is 7.94. The second kappa shape index (κ2) is 7.91. The number of carbonyl (C=O) groups excluding carboxylic acids is 1. The maximum atomic E-state index is 15.0. The molecular weight excluding hydrogens is 442 g/mol. The van der Waals surface area contributed by atoms with Gasteiger partial charge in [0, 0.05) is 18.3 Å². The van der Waals surface area contributed by atoms with Crippen LogP contribution in [0.15, 0.2) is 47.0 Å². The summed E-state index contributed by atoms with van der Waals surface area (Å²) in [6, 6.07) is 1.71. The third-order valence-electron chi connectivity index (χ3n) is 5.79. The van der Waals surface area contributed by atoms with E-state index in [0.29, 0.717) is 6.07 Å². The Labute approximate surface area is 179 Å².